The molecule has 0 N–H and O–H groups in total. The largest absolute Gasteiger partial charge is 1.00 e. The number of rotatable bonds is 4. The topological polar surface area (TPSA) is 74.1 Å². The van der Waals surface area contributed by atoms with Crippen LogP contribution >= 0.6 is 0 Å². The minimum atomic E-state index is -1.21. The maximum atomic E-state index is 10.7. The Kier molecular flexibility index (Phi) is 5.27. The Morgan fingerprint density at radius 3 is 2.77 bits per heavy atom. The van der Waals surface area contributed by atoms with Crippen molar-refractivity contribution in [2.45, 2.75) is 19.9 Å². The van der Waals surface area contributed by atoms with Crippen molar-refractivity contribution in [2.24, 2.45) is 5.92 Å². The molecule has 1 saturated heterocycles. The van der Waals surface area contributed by atoms with Gasteiger partial charge in [-0.2, -0.15) is 5.10 Å². The van der Waals surface area contributed by atoms with Gasteiger partial charge < -0.3 is 14.8 Å². The summed E-state index contributed by atoms with van der Waals surface area (Å²) >= 11 is 0. The van der Waals surface area contributed by atoms with Gasteiger partial charge in [0.2, 0.25) is 0 Å². The number of carboxylic acids is 1. The third-order valence-corrected chi connectivity index (χ3v) is 3.77. The first-order valence-electron chi connectivity index (χ1n) is 7.05. The van der Waals surface area contributed by atoms with Gasteiger partial charge in [-0.3, -0.25) is 4.68 Å². The zero-order valence-electron chi connectivity index (χ0n) is 12.9. The van der Waals surface area contributed by atoms with E-state index < -0.39 is 5.97 Å². The van der Waals surface area contributed by atoms with E-state index in [2.05, 4.69) is 21.9 Å². The van der Waals surface area contributed by atoms with Crippen LogP contribution in [0.5, 0.6) is 0 Å². The average Bonchev–Trinajstić information content (AvgIpc) is 3.09. The Hall–Kier alpha value is -1.77. The normalized spacial score (nSPS) is 17.3. The standard InChI is InChI=1S/C15H18N4O2.Li/c1-11-4-5-18(8-11)14-3-2-12(6-16-14)9-19-10-13(7-17-19)15(20)21;/h2-3,6-7,10-11H,4-5,8-9H2,1H3,(H,20,21);/q;+1/p-1/t11-;/m0./s1. The molecule has 2 aromatic heterocycles. The Morgan fingerprint density at radius 2 is 2.23 bits per heavy atom. The summed E-state index contributed by atoms with van der Waals surface area (Å²) in [6.45, 7) is 4.86. The number of pyridine rings is 1. The maximum Gasteiger partial charge on any atom is 1.00 e. The van der Waals surface area contributed by atoms with Gasteiger partial charge in [-0.1, -0.05) is 13.0 Å². The second-order valence-electron chi connectivity index (χ2n) is 5.58. The van der Waals surface area contributed by atoms with Gasteiger partial charge in [-0.05, 0) is 24.0 Å². The Labute approximate surface area is 141 Å². The molecule has 110 valence electrons. The van der Waals surface area contributed by atoms with Gasteiger partial charge >= 0.3 is 18.9 Å². The second kappa shape index (κ2) is 6.99. The molecule has 0 aromatic carbocycles. The predicted molar refractivity (Wildman–Crippen MR) is 75.9 cm³/mol. The molecule has 7 heteroatoms. The maximum absolute atomic E-state index is 10.7. The zero-order valence-corrected chi connectivity index (χ0v) is 12.9. The van der Waals surface area contributed by atoms with E-state index in [4.69, 9.17) is 0 Å². The fraction of sp³-hybridized carbons (Fsp3) is 0.400. The van der Waals surface area contributed by atoms with Gasteiger partial charge in [-0.25, -0.2) is 4.98 Å². The van der Waals surface area contributed by atoms with Crippen LogP contribution in [0.1, 0.15) is 29.3 Å². The number of carbonyl (C=O) groups is 1. The molecule has 0 aliphatic carbocycles. The van der Waals surface area contributed by atoms with Crippen LogP contribution < -0.4 is 28.9 Å². The minimum Gasteiger partial charge on any atom is -0.545 e. The van der Waals surface area contributed by atoms with Crippen molar-refractivity contribution >= 4 is 11.8 Å². The van der Waals surface area contributed by atoms with Crippen LogP contribution in [0.4, 0.5) is 5.82 Å². The van der Waals surface area contributed by atoms with E-state index in [0.717, 1.165) is 30.4 Å². The molecule has 3 heterocycles. The van der Waals surface area contributed by atoms with Crippen molar-refractivity contribution in [3.63, 3.8) is 0 Å². The molecule has 0 spiro atoms. The molecule has 1 fully saturated rings. The van der Waals surface area contributed by atoms with E-state index in [-0.39, 0.29) is 24.4 Å². The Bertz CT molecular complexity index is 641. The fourth-order valence-corrected chi connectivity index (χ4v) is 2.58. The Balaban J connectivity index is 0.00000176. The van der Waals surface area contributed by atoms with E-state index in [0.29, 0.717) is 6.54 Å². The summed E-state index contributed by atoms with van der Waals surface area (Å²) in [5.41, 5.74) is 1.07. The van der Waals surface area contributed by atoms with E-state index >= 15 is 0 Å². The van der Waals surface area contributed by atoms with Crippen LogP contribution in [0.3, 0.4) is 0 Å². The Morgan fingerprint density at radius 1 is 1.41 bits per heavy atom. The number of nitrogens with zero attached hydrogens (tertiary/aromatic N) is 4. The average molecular weight is 292 g/mol. The van der Waals surface area contributed by atoms with Crippen LogP contribution in [0, 0.1) is 5.92 Å². The quantitative estimate of drug-likeness (QED) is 0.584. The molecule has 1 aliphatic heterocycles. The molecule has 0 unspecified atom stereocenters. The van der Waals surface area contributed by atoms with Gasteiger partial charge in [0, 0.05) is 31.0 Å². The van der Waals surface area contributed by atoms with E-state index in [1.807, 2.05) is 18.3 Å². The number of anilines is 1. The third-order valence-electron chi connectivity index (χ3n) is 3.77. The van der Waals surface area contributed by atoms with Crippen molar-refractivity contribution in [3.05, 3.63) is 41.9 Å². The number of hydrogen-bond acceptors (Lipinski definition) is 5. The summed E-state index contributed by atoms with van der Waals surface area (Å²) in [6, 6.07) is 4.02. The third kappa shape index (κ3) is 3.70. The SMILES string of the molecule is C[C@H]1CCN(c2ccc(Cn3cc(C(=O)[O-])cn3)cn2)C1.[Li+]. The van der Waals surface area contributed by atoms with Crippen LogP contribution in [0.2, 0.25) is 0 Å². The summed E-state index contributed by atoms with van der Waals surface area (Å²) in [5, 5.41) is 14.7. The first kappa shape index (κ1) is 16.6. The monoisotopic (exact) mass is 292 g/mol. The van der Waals surface area contributed by atoms with Crippen molar-refractivity contribution in [3.8, 4) is 0 Å². The zero-order chi connectivity index (χ0) is 14.8. The van der Waals surface area contributed by atoms with Crippen molar-refractivity contribution in [1.82, 2.24) is 14.8 Å². The molecule has 6 nitrogen and oxygen atoms in total. The number of hydrogen-bond donors (Lipinski definition) is 0. The molecule has 0 amide bonds. The van der Waals surface area contributed by atoms with Gasteiger partial charge in [0.05, 0.1) is 18.7 Å². The van der Waals surface area contributed by atoms with E-state index in [1.54, 1.807) is 4.68 Å². The fourth-order valence-electron chi connectivity index (χ4n) is 2.58. The van der Waals surface area contributed by atoms with Gasteiger partial charge in [0.15, 0.2) is 0 Å². The number of carboxylic acid groups (broad SMARTS) is 1. The van der Waals surface area contributed by atoms with Crippen molar-refractivity contribution in [2.75, 3.05) is 18.0 Å². The minimum absolute atomic E-state index is 0. The molecule has 1 aliphatic rings. The van der Waals surface area contributed by atoms with Gasteiger partial charge in [0.1, 0.15) is 5.82 Å². The molecular formula is C15H17LiN4O2. The molecular weight excluding hydrogens is 275 g/mol. The summed E-state index contributed by atoms with van der Waals surface area (Å²) in [7, 11) is 0. The first-order chi connectivity index (χ1) is 10.1. The van der Waals surface area contributed by atoms with Crippen LogP contribution in [-0.4, -0.2) is 33.8 Å². The molecule has 22 heavy (non-hydrogen) atoms. The van der Waals surface area contributed by atoms with Crippen LogP contribution in [-0.2, 0) is 6.54 Å². The van der Waals surface area contributed by atoms with Crippen molar-refractivity contribution in [1.29, 1.82) is 0 Å². The molecule has 0 radical (unpaired) electrons. The summed E-state index contributed by atoms with van der Waals surface area (Å²) in [4.78, 5) is 17.5. The molecule has 1 atom stereocenters. The van der Waals surface area contributed by atoms with Gasteiger partial charge in [0.25, 0.3) is 0 Å². The second-order valence-corrected chi connectivity index (χ2v) is 5.58. The van der Waals surface area contributed by atoms with Crippen LogP contribution in [0.25, 0.3) is 0 Å². The molecule has 0 saturated carbocycles. The number of aromatic carboxylic acids is 1. The van der Waals surface area contributed by atoms with Crippen molar-refractivity contribution < 1.29 is 28.8 Å². The summed E-state index contributed by atoms with van der Waals surface area (Å²) in [5.74, 6) is 0.510. The molecule has 2 aromatic rings. The molecule has 3 rings (SSSR count). The van der Waals surface area contributed by atoms with E-state index in [1.165, 1.54) is 18.8 Å². The predicted octanol–water partition coefficient (Wildman–Crippen LogP) is -2.46. The first-order valence-corrected chi connectivity index (χ1v) is 7.05. The van der Waals surface area contributed by atoms with Gasteiger partial charge in [-0.15, -0.1) is 0 Å². The van der Waals surface area contributed by atoms with Crippen LogP contribution in [0.15, 0.2) is 30.7 Å². The number of aromatic nitrogens is 3. The summed E-state index contributed by atoms with van der Waals surface area (Å²) < 4.78 is 1.57. The molecule has 0 bridgehead atoms. The smallest absolute Gasteiger partial charge is 0.545 e. The van der Waals surface area contributed by atoms with E-state index in [9.17, 15) is 9.90 Å². The summed E-state index contributed by atoms with van der Waals surface area (Å²) in [6.07, 6.45) is 5.79. The number of carbonyl (C=O) groups excluding carboxylic acids is 1.